The molecule has 2 aromatic heterocycles. The quantitative estimate of drug-likeness (QED) is 0.699. The Kier molecular flexibility index (Phi) is 5.56. The third kappa shape index (κ3) is 4.60. The molecule has 2 aromatic rings. The first-order valence-corrected chi connectivity index (χ1v) is 8.97. The van der Waals surface area contributed by atoms with Crippen LogP contribution in [0.15, 0.2) is 10.6 Å². The summed E-state index contributed by atoms with van der Waals surface area (Å²) in [6.07, 6.45) is -4.54. The molecule has 1 aliphatic rings. The van der Waals surface area contributed by atoms with E-state index in [4.69, 9.17) is 10.2 Å². The van der Waals surface area contributed by atoms with Crippen LogP contribution >= 0.6 is 0 Å². The van der Waals surface area contributed by atoms with Crippen molar-refractivity contribution in [2.45, 2.75) is 51.3 Å². The second-order valence-corrected chi connectivity index (χ2v) is 7.14. The lowest BCUT2D eigenvalue weighted by Gasteiger charge is -2.28. The van der Waals surface area contributed by atoms with Crippen molar-refractivity contribution in [3.8, 4) is 0 Å². The van der Waals surface area contributed by atoms with Crippen LogP contribution in [0.5, 0.6) is 0 Å². The Bertz CT molecular complexity index is 956. The fourth-order valence-electron chi connectivity index (χ4n) is 3.41. The molecule has 3 rings (SSSR count). The molecule has 2 heterocycles. The second-order valence-electron chi connectivity index (χ2n) is 7.14. The number of hydrogen-bond donors (Lipinski definition) is 2. The summed E-state index contributed by atoms with van der Waals surface area (Å²) in [7, 11) is 0. The number of anilines is 1. The molecular formula is C17H18F5N5O3. The highest BCUT2D eigenvalue weighted by Crippen LogP contribution is 2.38. The van der Waals surface area contributed by atoms with Crippen LogP contribution in [0, 0.1) is 12.8 Å². The molecule has 2 amide bonds. The number of carbonyl (C=O) groups is 2. The van der Waals surface area contributed by atoms with Gasteiger partial charge in [-0.1, -0.05) is 0 Å². The maximum absolute atomic E-state index is 13.6. The van der Waals surface area contributed by atoms with Gasteiger partial charge >= 0.3 is 12.2 Å². The van der Waals surface area contributed by atoms with Gasteiger partial charge in [0.05, 0.1) is 11.9 Å². The molecule has 164 valence electrons. The second kappa shape index (κ2) is 7.69. The van der Waals surface area contributed by atoms with Gasteiger partial charge in [0.25, 0.3) is 11.8 Å². The average molecular weight is 435 g/mol. The third-order valence-electron chi connectivity index (χ3n) is 4.86. The number of nitrogens with zero attached hydrogens (tertiary/aromatic N) is 3. The Morgan fingerprint density at radius 1 is 1.33 bits per heavy atom. The molecule has 0 aromatic carbocycles. The lowest BCUT2D eigenvalue weighted by atomic mass is 9.87. The number of hydrogen-bond acceptors (Lipinski definition) is 5. The minimum Gasteiger partial charge on any atom is -0.418 e. The van der Waals surface area contributed by atoms with E-state index in [0.29, 0.717) is 0 Å². The zero-order chi connectivity index (χ0) is 22.3. The monoisotopic (exact) mass is 435 g/mol. The van der Waals surface area contributed by atoms with Gasteiger partial charge in [-0.05, 0) is 25.7 Å². The maximum Gasteiger partial charge on any atom is 0.420 e. The van der Waals surface area contributed by atoms with Gasteiger partial charge in [0, 0.05) is 19.4 Å². The molecule has 3 N–H and O–H groups in total. The van der Waals surface area contributed by atoms with Crippen LogP contribution in [-0.2, 0) is 12.7 Å². The van der Waals surface area contributed by atoms with Crippen molar-refractivity contribution in [2.24, 2.45) is 11.7 Å². The number of halogens is 5. The number of nitrogens with two attached hydrogens (primary N) is 1. The van der Waals surface area contributed by atoms with E-state index in [1.807, 2.05) is 5.32 Å². The molecule has 0 atom stereocenters. The molecule has 13 heteroatoms. The number of nitrogens with one attached hydrogen (secondary N) is 1. The van der Waals surface area contributed by atoms with Crippen molar-refractivity contribution in [3.63, 3.8) is 0 Å². The van der Waals surface area contributed by atoms with E-state index in [1.165, 1.54) is 0 Å². The normalized spacial score (nSPS) is 17.1. The fraction of sp³-hybridized carbons (Fsp3) is 0.529. The van der Waals surface area contributed by atoms with Crippen LogP contribution in [0.4, 0.5) is 28.0 Å². The molecule has 1 aliphatic carbocycles. The number of alkyl halides is 5. The first kappa shape index (κ1) is 21.7. The smallest absolute Gasteiger partial charge is 0.418 e. The topological polar surface area (TPSA) is 116 Å². The summed E-state index contributed by atoms with van der Waals surface area (Å²) >= 11 is 0. The van der Waals surface area contributed by atoms with Crippen LogP contribution < -0.4 is 11.1 Å². The summed E-state index contributed by atoms with van der Waals surface area (Å²) in [6, 6.07) is -0.523. The summed E-state index contributed by atoms with van der Waals surface area (Å²) in [6.45, 7) is 0.968. The summed E-state index contributed by atoms with van der Waals surface area (Å²) in [5.74, 6) is -5.75. The lowest BCUT2D eigenvalue weighted by Crippen LogP contribution is -2.29. The zero-order valence-electron chi connectivity index (χ0n) is 15.7. The van der Waals surface area contributed by atoms with Crippen molar-refractivity contribution in [1.29, 1.82) is 0 Å². The van der Waals surface area contributed by atoms with Crippen LogP contribution in [0.25, 0.3) is 0 Å². The number of carbonyl (C=O) groups excluding carboxylic acids is 2. The van der Waals surface area contributed by atoms with Crippen LogP contribution in [-0.4, -0.2) is 32.5 Å². The van der Waals surface area contributed by atoms with E-state index in [9.17, 15) is 31.5 Å². The van der Waals surface area contributed by atoms with Gasteiger partial charge in [-0.15, -0.1) is 0 Å². The van der Waals surface area contributed by atoms with E-state index in [2.05, 4.69) is 10.1 Å². The van der Waals surface area contributed by atoms with E-state index >= 15 is 0 Å². The summed E-state index contributed by atoms with van der Waals surface area (Å²) in [4.78, 5) is 27.2. The predicted molar refractivity (Wildman–Crippen MR) is 91.8 cm³/mol. The molecule has 0 aliphatic heterocycles. The SMILES string of the molecule is Cc1nn(CC2CCC(F)(F)CC2)c(C(=O)Nc2ncc(C(N)=O)o2)c1C(F)(F)F. The Balaban J connectivity index is 1.90. The van der Waals surface area contributed by atoms with Crippen molar-refractivity contribution < 1.29 is 36.0 Å². The van der Waals surface area contributed by atoms with Crippen molar-refractivity contribution in [2.75, 3.05) is 5.32 Å². The number of rotatable bonds is 5. The van der Waals surface area contributed by atoms with Crippen LogP contribution in [0.1, 0.15) is 58.0 Å². The highest BCUT2D eigenvalue weighted by atomic mass is 19.4. The Morgan fingerprint density at radius 2 is 1.97 bits per heavy atom. The first-order chi connectivity index (χ1) is 13.9. The number of primary amides is 1. The molecule has 30 heavy (non-hydrogen) atoms. The standard InChI is InChI=1S/C17H18F5N5O3/c1-8-11(17(20,21)22)12(14(29)25-15-24-6-10(30-15)13(23)28)27(26-8)7-9-2-4-16(18,19)5-3-9/h6,9H,2-5,7H2,1H3,(H2,23,28)(H,24,25,29). The van der Waals surface area contributed by atoms with Gasteiger partial charge in [0.15, 0.2) is 0 Å². The molecule has 0 spiro atoms. The highest BCUT2D eigenvalue weighted by molar-refractivity contribution is 6.03. The average Bonchev–Trinajstić information content (AvgIpc) is 3.20. The summed E-state index contributed by atoms with van der Waals surface area (Å²) in [5, 5.41) is 5.87. The zero-order valence-corrected chi connectivity index (χ0v) is 15.7. The minimum atomic E-state index is -4.89. The van der Waals surface area contributed by atoms with Crippen molar-refractivity contribution >= 4 is 17.8 Å². The maximum atomic E-state index is 13.6. The molecular weight excluding hydrogens is 417 g/mol. The van der Waals surface area contributed by atoms with Gasteiger partial charge < -0.3 is 10.2 Å². The first-order valence-electron chi connectivity index (χ1n) is 8.97. The van der Waals surface area contributed by atoms with Gasteiger partial charge in [0.1, 0.15) is 11.3 Å². The summed E-state index contributed by atoms with van der Waals surface area (Å²) < 4.78 is 73.2. The largest absolute Gasteiger partial charge is 0.420 e. The Hall–Kier alpha value is -2.99. The molecule has 1 saturated carbocycles. The fourth-order valence-corrected chi connectivity index (χ4v) is 3.41. The minimum absolute atomic E-state index is 0.0933. The van der Waals surface area contributed by atoms with E-state index in [1.54, 1.807) is 0 Å². The van der Waals surface area contributed by atoms with Crippen LogP contribution in [0.3, 0.4) is 0 Å². The van der Waals surface area contributed by atoms with Gasteiger partial charge in [-0.3, -0.25) is 19.6 Å². The predicted octanol–water partition coefficient (Wildman–Crippen LogP) is 3.38. The Morgan fingerprint density at radius 3 is 2.50 bits per heavy atom. The highest BCUT2D eigenvalue weighted by Gasteiger charge is 2.42. The van der Waals surface area contributed by atoms with Gasteiger partial charge in [-0.2, -0.15) is 18.3 Å². The molecule has 1 fully saturated rings. The lowest BCUT2D eigenvalue weighted by molar-refractivity contribution is -0.138. The molecule has 0 unspecified atom stereocenters. The van der Waals surface area contributed by atoms with E-state index < -0.39 is 52.6 Å². The van der Waals surface area contributed by atoms with Crippen molar-refractivity contribution in [1.82, 2.24) is 14.8 Å². The van der Waals surface area contributed by atoms with Gasteiger partial charge in [-0.25, -0.2) is 13.8 Å². The third-order valence-corrected chi connectivity index (χ3v) is 4.86. The summed E-state index contributed by atoms with van der Waals surface area (Å²) in [5.41, 5.74) is 2.53. The van der Waals surface area contributed by atoms with E-state index in [-0.39, 0.29) is 38.1 Å². The number of aryl methyl sites for hydroxylation is 1. The van der Waals surface area contributed by atoms with E-state index in [0.717, 1.165) is 17.8 Å². The van der Waals surface area contributed by atoms with Crippen LogP contribution in [0.2, 0.25) is 0 Å². The number of amides is 2. The molecule has 0 radical (unpaired) electrons. The molecule has 0 bridgehead atoms. The Labute approximate surface area is 166 Å². The molecule has 0 saturated heterocycles. The van der Waals surface area contributed by atoms with Gasteiger partial charge in [0.2, 0.25) is 11.7 Å². The molecule has 8 nitrogen and oxygen atoms in total. The number of oxazole rings is 1. The number of aromatic nitrogens is 3. The van der Waals surface area contributed by atoms with Crippen molar-refractivity contribution in [3.05, 3.63) is 28.9 Å².